The molecular formula is C11H14ClN. The van der Waals surface area contributed by atoms with Crippen molar-refractivity contribution in [1.29, 1.82) is 0 Å². The molecular weight excluding hydrogens is 182 g/mol. The lowest BCUT2D eigenvalue weighted by Gasteiger charge is -2.01. The topological polar surface area (TPSA) is 26.0 Å². The van der Waals surface area contributed by atoms with Crippen molar-refractivity contribution < 1.29 is 0 Å². The normalized spacial score (nSPS) is 11.8. The maximum absolute atomic E-state index is 6.00. The fourth-order valence-corrected chi connectivity index (χ4v) is 1.31. The lowest BCUT2D eigenvalue weighted by atomic mass is 10.1. The van der Waals surface area contributed by atoms with E-state index in [0.717, 1.165) is 17.0 Å². The highest BCUT2D eigenvalue weighted by molar-refractivity contribution is 6.32. The Hall–Kier alpha value is -0.790. The molecule has 0 amide bonds. The average molecular weight is 196 g/mol. The Labute approximate surface area is 84.2 Å². The molecule has 1 aromatic carbocycles. The molecule has 0 saturated heterocycles. The van der Waals surface area contributed by atoms with Crippen LogP contribution in [0.4, 0.5) is 0 Å². The van der Waals surface area contributed by atoms with Crippen LogP contribution in [-0.2, 0) is 0 Å². The zero-order valence-electron chi connectivity index (χ0n) is 7.76. The van der Waals surface area contributed by atoms with Gasteiger partial charge >= 0.3 is 0 Å². The molecule has 70 valence electrons. The molecule has 2 N–H and O–H groups in total. The minimum atomic E-state index is 0.599. The monoisotopic (exact) mass is 195 g/mol. The summed E-state index contributed by atoms with van der Waals surface area (Å²) in [5.74, 6) is 0. The van der Waals surface area contributed by atoms with Crippen LogP contribution >= 0.6 is 11.6 Å². The first-order chi connectivity index (χ1) is 6.27. The van der Waals surface area contributed by atoms with Crippen molar-refractivity contribution in [2.45, 2.75) is 13.3 Å². The van der Waals surface area contributed by atoms with Crippen LogP contribution in [0.2, 0.25) is 5.02 Å². The highest BCUT2D eigenvalue weighted by Gasteiger charge is 1.96. The number of hydrogen-bond acceptors (Lipinski definition) is 1. The summed E-state index contributed by atoms with van der Waals surface area (Å²) in [4.78, 5) is 0. The van der Waals surface area contributed by atoms with E-state index in [0.29, 0.717) is 6.54 Å². The van der Waals surface area contributed by atoms with E-state index in [1.807, 2.05) is 24.3 Å². The Morgan fingerprint density at radius 2 is 2.15 bits per heavy atom. The summed E-state index contributed by atoms with van der Waals surface area (Å²) < 4.78 is 0. The molecule has 0 saturated carbocycles. The predicted octanol–water partition coefficient (Wildman–Crippen LogP) is 3.09. The zero-order chi connectivity index (χ0) is 9.68. The molecule has 0 aliphatic heterocycles. The van der Waals surface area contributed by atoms with E-state index >= 15 is 0 Å². The summed E-state index contributed by atoms with van der Waals surface area (Å²) in [6.45, 7) is 2.69. The van der Waals surface area contributed by atoms with E-state index in [9.17, 15) is 0 Å². The van der Waals surface area contributed by atoms with Crippen LogP contribution in [0.15, 0.2) is 29.8 Å². The second-order valence-electron chi connectivity index (χ2n) is 2.88. The first-order valence-electron chi connectivity index (χ1n) is 4.42. The summed E-state index contributed by atoms with van der Waals surface area (Å²) >= 11 is 6.00. The van der Waals surface area contributed by atoms with Gasteiger partial charge < -0.3 is 5.73 Å². The van der Waals surface area contributed by atoms with Crippen molar-refractivity contribution in [2.24, 2.45) is 5.73 Å². The Balaban J connectivity index is 2.95. The van der Waals surface area contributed by atoms with Gasteiger partial charge in [-0.2, -0.15) is 0 Å². The minimum Gasteiger partial charge on any atom is -0.327 e. The number of halogens is 1. The maximum Gasteiger partial charge on any atom is 0.0478 e. The van der Waals surface area contributed by atoms with E-state index in [1.54, 1.807) is 0 Å². The third kappa shape index (κ3) is 2.87. The highest BCUT2D eigenvalue weighted by Crippen LogP contribution is 2.18. The number of benzene rings is 1. The molecule has 1 aromatic rings. The number of hydrogen-bond donors (Lipinski definition) is 1. The SMILES string of the molecule is CC/C(=C/c1ccccc1Cl)CN. The quantitative estimate of drug-likeness (QED) is 0.788. The van der Waals surface area contributed by atoms with E-state index in [4.69, 9.17) is 17.3 Å². The molecule has 0 aliphatic rings. The van der Waals surface area contributed by atoms with Crippen LogP contribution in [0.1, 0.15) is 18.9 Å². The second kappa shape index (κ2) is 5.05. The molecule has 0 aliphatic carbocycles. The Bertz CT molecular complexity index is 299. The third-order valence-corrected chi connectivity index (χ3v) is 2.33. The molecule has 1 rings (SSSR count). The third-order valence-electron chi connectivity index (χ3n) is 1.98. The van der Waals surface area contributed by atoms with Crippen molar-refractivity contribution in [2.75, 3.05) is 6.54 Å². The Morgan fingerprint density at radius 1 is 1.46 bits per heavy atom. The second-order valence-corrected chi connectivity index (χ2v) is 3.29. The van der Waals surface area contributed by atoms with Crippen LogP contribution in [0.3, 0.4) is 0 Å². The molecule has 2 heteroatoms. The molecule has 0 atom stereocenters. The van der Waals surface area contributed by atoms with Crippen molar-refractivity contribution in [3.05, 3.63) is 40.4 Å². The molecule has 13 heavy (non-hydrogen) atoms. The molecule has 0 aromatic heterocycles. The van der Waals surface area contributed by atoms with Gasteiger partial charge in [0, 0.05) is 11.6 Å². The minimum absolute atomic E-state index is 0.599. The van der Waals surface area contributed by atoms with Gasteiger partial charge in [-0.1, -0.05) is 48.4 Å². The van der Waals surface area contributed by atoms with Gasteiger partial charge in [0.25, 0.3) is 0 Å². The number of nitrogens with two attached hydrogens (primary N) is 1. The van der Waals surface area contributed by atoms with Crippen molar-refractivity contribution in [3.8, 4) is 0 Å². The molecule has 0 radical (unpaired) electrons. The van der Waals surface area contributed by atoms with Crippen molar-refractivity contribution in [3.63, 3.8) is 0 Å². The number of rotatable bonds is 3. The molecule has 0 heterocycles. The van der Waals surface area contributed by atoms with Gasteiger partial charge in [-0.15, -0.1) is 0 Å². The van der Waals surface area contributed by atoms with E-state index in [-0.39, 0.29) is 0 Å². The predicted molar refractivity (Wildman–Crippen MR) is 58.8 cm³/mol. The van der Waals surface area contributed by atoms with E-state index < -0.39 is 0 Å². The Kier molecular flexibility index (Phi) is 4.00. The van der Waals surface area contributed by atoms with Gasteiger partial charge in [-0.25, -0.2) is 0 Å². The molecule has 1 nitrogen and oxygen atoms in total. The van der Waals surface area contributed by atoms with Gasteiger partial charge in [-0.05, 0) is 18.1 Å². The summed E-state index contributed by atoms with van der Waals surface area (Å²) in [5, 5.41) is 0.780. The van der Waals surface area contributed by atoms with Gasteiger partial charge in [0.05, 0.1) is 0 Å². The first-order valence-corrected chi connectivity index (χ1v) is 4.79. The first kappa shape index (κ1) is 10.3. The summed E-state index contributed by atoms with van der Waals surface area (Å²) in [7, 11) is 0. The van der Waals surface area contributed by atoms with Crippen LogP contribution in [0.5, 0.6) is 0 Å². The van der Waals surface area contributed by atoms with Crippen LogP contribution in [-0.4, -0.2) is 6.54 Å². The van der Waals surface area contributed by atoms with Gasteiger partial charge in [0.1, 0.15) is 0 Å². The van der Waals surface area contributed by atoms with Crippen LogP contribution in [0.25, 0.3) is 6.08 Å². The van der Waals surface area contributed by atoms with Crippen molar-refractivity contribution >= 4 is 17.7 Å². The maximum atomic E-state index is 6.00. The van der Waals surface area contributed by atoms with Gasteiger partial charge in [0.15, 0.2) is 0 Å². The average Bonchev–Trinajstić information content (AvgIpc) is 2.17. The van der Waals surface area contributed by atoms with Gasteiger partial charge in [0.2, 0.25) is 0 Å². The highest BCUT2D eigenvalue weighted by atomic mass is 35.5. The fraction of sp³-hybridized carbons (Fsp3) is 0.273. The standard InChI is InChI=1S/C11H14ClN/c1-2-9(8-13)7-10-5-3-4-6-11(10)12/h3-7H,2,8,13H2,1H3/b9-7-. The van der Waals surface area contributed by atoms with Crippen molar-refractivity contribution in [1.82, 2.24) is 0 Å². The van der Waals surface area contributed by atoms with E-state index in [1.165, 1.54) is 5.57 Å². The molecule has 0 fully saturated rings. The fourth-order valence-electron chi connectivity index (χ4n) is 1.12. The van der Waals surface area contributed by atoms with Crippen LogP contribution in [0, 0.1) is 0 Å². The molecule has 0 bridgehead atoms. The summed E-state index contributed by atoms with van der Waals surface area (Å²) in [5.41, 5.74) is 7.83. The molecule has 0 unspecified atom stereocenters. The van der Waals surface area contributed by atoms with E-state index in [2.05, 4.69) is 13.0 Å². The summed E-state index contributed by atoms with van der Waals surface area (Å²) in [6, 6.07) is 7.78. The smallest absolute Gasteiger partial charge is 0.0478 e. The molecule has 0 spiro atoms. The van der Waals surface area contributed by atoms with Gasteiger partial charge in [-0.3, -0.25) is 0 Å². The largest absolute Gasteiger partial charge is 0.327 e. The lowest BCUT2D eigenvalue weighted by molar-refractivity contribution is 1.02. The van der Waals surface area contributed by atoms with Crippen LogP contribution < -0.4 is 5.73 Å². The summed E-state index contributed by atoms with van der Waals surface area (Å²) in [6.07, 6.45) is 3.03. The zero-order valence-corrected chi connectivity index (χ0v) is 8.51. The Morgan fingerprint density at radius 3 is 2.69 bits per heavy atom. The lowest BCUT2D eigenvalue weighted by Crippen LogP contribution is -2.01.